The molecule has 0 N–H and O–H groups in total. The van der Waals surface area contributed by atoms with Crippen molar-refractivity contribution in [1.29, 1.82) is 0 Å². The zero-order chi connectivity index (χ0) is 19.6. The molecule has 0 atom stereocenters. The second-order valence-electron chi connectivity index (χ2n) is 5.19. The average molecular weight is 400 g/mol. The van der Waals surface area contributed by atoms with E-state index in [1.165, 1.54) is 30.7 Å². The number of benzene rings is 2. The van der Waals surface area contributed by atoms with Crippen LogP contribution in [-0.4, -0.2) is 4.92 Å². The Kier molecular flexibility index (Phi) is 4.95. The number of alkyl halides is 3. The molecule has 3 aromatic rings. The van der Waals surface area contributed by atoms with Gasteiger partial charge in [0.2, 0.25) is 5.75 Å². The molecule has 0 saturated heterocycles. The van der Waals surface area contributed by atoms with Gasteiger partial charge in [0.05, 0.1) is 21.8 Å². The molecule has 6 nitrogen and oxygen atoms in total. The second-order valence-corrected chi connectivity index (χ2v) is 5.60. The van der Waals surface area contributed by atoms with Gasteiger partial charge in [0.1, 0.15) is 17.8 Å². The summed E-state index contributed by atoms with van der Waals surface area (Å²) in [5.41, 5.74) is -1.26. The standard InChI is InChI=1S/C17H9ClF3NO5/c18-13-7-10(17(19,20)21)1-4-15(13)26-11-2-3-14(22(23)24)16(8-11)27-12-5-6-25-9-12/h1-9H. The average Bonchev–Trinajstić information content (AvgIpc) is 3.08. The number of nitro benzene ring substituents is 1. The van der Waals surface area contributed by atoms with Crippen molar-refractivity contribution < 1.29 is 32.0 Å². The number of hydrogen-bond acceptors (Lipinski definition) is 5. The van der Waals surface area contributed by atoms with E-state index in [1.54, 1.807) is 0 Å². The van der Waals surface area contributed by atoms with Crippen LogP contribution in [0.4, 0.5) is 18.9 Å². The molecule has 0 amide bonds. The molecule has 3 rings (SSSR count). The van der Waals surface area contributed by atoms with Crippen molar-refractivity contribution in [2.24, 2.45) is 0 Å². The van der Waals surface area contributed by atoms with Crippen molar-refractivity contribution in [3.63, 3.8) is 0 Å². The van der Waals surface area contributed by atoms with Crippen LogP contribution in [-0.2, 0) is 6.18 Å². The van der Waals surface area contributed by atoms with Gasteiger partial charge in [-0.05, 0) is 24.3 Å². The second kappa shape index (κ2) is 7.20. The Morgan fingerprint density at radius 2 is 1.74 bits per heavy atom. The molecule has 10 heteroatoms. The van der Waals surface area contributed by atoms with E-state index in [0.717, 1.165) is 24.3 Å². The summed E-state index contributed by atoms with van der Waals surface area (Å²) in [5.74, 6) is 0.123. The van der Waals surface area contributed by atoms with Gasteiger partial charge in [-0.15, -0.1) is 0 Å². The molecule has 0 unspecified atom stereocenters. The third kappa shape index (κ3) is 4.32. The lowest BCUT2D eigenvalue weighted by atomic mass is 10.2. The molecular formula is C17H9ClF3NO5. The quantitative estimate of drug-likeness (QED) is 0.364. The summed E-state index contributed by atoms with van der Waals surface area (Å²) in [5, 5.41) is 10.9. The zero-order valence-electron chi connectivity index (χ0n) is 13.2. The van der Waals surface area contributed by atoms with Crippen molar-refractivity contribution in [3.05, 3.63) is 75.7 Å². The largest absolute Gasteiger partial charge is 0.469 e. The summed E-state index contributed by atoms with van der Waals surface area (Å²) in [6.45, 7) is 0. The van der Waals surface area contributed by atoms with Gasteiger partial charge in [-0.2, -0.15) is 13.2 Å². The number of hydrogen-bond donors (Lipinski definition) is 0. The fourth-order valence-electron chi connectivity index (χ4n) is 2.11. The Morgan fingerprint density at radius 3 is 2.33 bits per heavy atom. The normalized spacial score (nSPS) is 11.3. The zero-order valence-corrected chi connectivity index (χ0v) is 14.0. The van der Waals surface area contributed by atoms with Crippen LogP contribution in [0.1, 0.15) is 5.56 Å². The molecule has 1 heterocycles. The summed E-state index contributed by atoms with van der Waals surface area (Å²) in [4.78, 5) is 10.5. The Bertz CT molecular complexity index is 973. The van der Waals surface area contributed by atoms with E-state index in [4.69, 9.17) is 25.5 Å². The number of nitrogens with zero attached hydrogens (tertiary/aromatic N) is 1. The molecule has 2 aromatic carbocycles. The highest BCUT2D eigenvalue weighted by Crippen LogP contribution is 2.39. The first kappa shape index (κ1) is 18.6. The van der Waals surface area contributed by atoms with E-state index in [0.29, 0.717) is 0 Å². The van der Waals surface area contributed by atoms with E-state index < -0.39 is 16.7 Å². The summed E-state index contributed by atoms with van der Waals surface area (Å²) in [6.07, 6.45) is -1.98. The molecule has 0 aliphatic rings. The van der Waals surface area contributed by atoms with Crippen LogP contribution in [0, 0.1) is 10.1 Å². The predicted molar refractivity (Wildman–Crippen MR) is 88.4 cm³/mol. The van der Waals surface area contributed by atoms with Crippen molar-refractivity contribution in [2.45, 2.75) is 6.18 Å². The Labute approximate surface area is 154 Å². The number of ether oxygens (including phenoxy) is 2. The first-order valence-corrected chi connectivity index (χ1v) is 7.65. The highest BCUT2D eigenvalue weighted by atomic mass is 35.5. The van der Waals surface area contributed by atoms with Crippen LogP contribution >= 0.6 is 11.6 Å². The fourth-order valence-corrected chi connectivity index (χ4v) is 2.33. The van der Waals surface area contributed by atoms with Gasteiger partial charge in [-0.1, -0.05) is 11.6 Å². The third-order valence-corrected chi connectivity index (χ3v) is 3.63. The van der Waals surface area contributed by atoms with E-state index in [-0.39, 0.29) is 33.7 Å². The fraction of sp³-hybridized carbons (Fsp3) is 0.0588. The molecule has 0 bridgehead atoms. The maximum atomic E-state index is 12.7. The van der Waals surface area contributed by atoms with Crippen LogP contribution in [0.15, 0.2) is 59.4 Å². The third-order valence-electron chi connectivity index (χ3n) is 3.34. The van der Waals surface area contributed by atoms with E-state index in [2.05, 4.69) is 0 Å². The predicted octanol–water partition coefficient (Wildman–Crippen LogP) is 6.44. The molecule has 140 valence electrons. The highest BCUT2D eigenvalue weighted by molar-refractivity contribution is 6.32. The van der Waals surface area contributed by atoms with Crippen LogP contribution in [0.5, 0.6) is 23.0 Å². The molecular weight excluding hydrogens is 391 g/mol. The Morgan fingerprint density at radius 1 is 1.00 bits per heavy atom. The van der Waals surface area contributed by atoms with Crippen LogP contribution in [0.2, 0.25) is 5.02 Å². The molecule has 27 heavy (non-hydrogen) atoms. The van der Waals surface area contributed by atoms with E-state index in [9.17, 15) is 23.3 Å². The van der Waals surface area contributed by atoms with Gasteiger partial charge in [0.25, 0.3) is 0 Å². The molecule has 0 radical (unpaired) electrons. The Hall–Kier alpha value is -3.20. The lowest BCUT2D eigenvalue weighted by Gasteiger charge is -2.12. The first-order valence-electron chi connectivity index (χ1n) is 7.27. The molecule has 0 aliphatic carbocycles. The number of rotatable bonds is 5. The lowest BCUT2D eigenvalue weighted by molar-refractivity contribution is -0.385. The molecule has 0 fully saturated rings. The maximum Gasteiger partial charge on any atom is 0.416 e. The number of furan rings is 1. The minimum atomic E-state index is -4.54. The number of halogens is 4. The van der Waals surface area contributed by atoms with Crippen molar-refractivity contribution in [2.75, 3.05) is 0 Å². The lowest BCUT2D eigenvalue weighted by Crippen LogP contribution is -2.04. The van der Waals surface area contributed by atoms with E-state index in [1.807, 2.05) is 0 Å². The van der Waals surface area contributed by atoms with Gasteiger partial charge in [0, 0.05) is 18.2 Å². The maximum absolute atomic E-state index is 12.7. The molecule has 0 aliphatic heterocycles. The summed E-state index contributed by atoms with van der Waals surface area (Å²) in [6, 6.07) is 7.68. The number of nitro groups is 1. The van der Waals surface area contributed by atoms with Gasteiger partial charge in [-0.25, -0.2) is 0 Å². The van der Waals surface area contributed by atoms with Gasteiger partial charge < -0.3 is 13.9 Å². The minimum Gasteiger partial charge on any atom is -0.469 e. The summed E-state index contributed by atoms with van der Waals surface area (Å²) >= 11 is 5.85. The van der Waals surface area contributed by atoms with Crippen LogP contribution in [0.25, 0.3) is 0 Å². The van der Waals surface area contributed by atoms with Crippen molar-refractivity contribution in [3.8, 4) is 23.0 Å². The van der Waals surface area contributed by atoms with Gasteiger partial charge >= 0.3 is 11.9 Å². The summed E-state index contributed by atoms with van der Waals surface area (Å²) in [7, 11) is 0. The van der Waals surface area contributed by atoms with Crippen LogP contribution in [0.3, 0.4) is 0 Å². The van der Waals surface area contributed by atoms with Crippen molar-refractivity contribution >= 4 is 17.3 Å². The monoisotopic (exact) mass is 399 g/mol. The SMILES string of the molecule is O=[N+]([O-])c1ccc(Oc2ccc(C(F)(F)F)cc2Cl)cc1Oc1ccoc1. The first-order chi connectivity index (χ1) is 12.7. The summed E-state index contributed by atoms with van der Waals surface area (Å²) < 4.78 is 53.7. The van der Waals surface area contributed by atoms with Crippen LogP contribution < -0.4 is 9.47 Å². The minimum absolute atomic E-state index is 0.0484. The molecule has 1 aromatic heterocycles. The Balaban J connectivity index is 1.90. The highest BCUT2D eigenvalue weighted by Gasteiger charge is 2.31. The van der Waals surface area contributed by atoms with E-state index >= 15 is 0 Å². The molecule has 0 spiro atoms. The smallest absolute Gasteiger partial charge is 0.416 e. The topological polar surface area (TPSA) is 74.7 Å². The van der Waals surface area contributed by atoms with Gasteiger partial charge in [0.15, 0.2) is 5.75 Å². The van der Waals surface area contributed by atoms with Gasteiger partial charge in [-0.3, -0.25) is 10.1 Å². The molecule has 0 saturated carbocycles. The van der Waals surface area contributed by atoms with Crippen molar-refractivity contribution in [1.82, 2.24) is 0 Å².